The molecule has 162 valence electrons. The molecule has 0 rings (SSSR count). The molecule has 0 spiro atoms. The van der Waals surface area contributed by atoms with E-state index in [4.69, 9.17) is 10.5 Å². The van der Waals surface area contributed by atoms with Crippen LogP contribution in [0.5, 0.6) is 0 Å². The Morgan fingerprint density at radius 1 is 0.667 bits per heavy atom. The monoisotopic (exact) mass is 383 g/mol. The zero-order valence-electron chi connectivity index (χ0n) is 18.8. The van der Waals surface area contributed by atoms with Crippen LogP contribution in [0.2, 0.25) is 0 Å². The minimum Gasteiger partial charge on any atom is -0.367 e. The van der Waals surface area contributed by atoms with E-state index >= 15 is 0 Å². The lowest BCUT2D eigenvalue weighted by atomic mass is 10.0. The second-order valence-corrected chi connectivity index (χ2v) is 8.36. The molecule has 0 aromatic carbocycles. The van der Waals surface area contributed by atoms with Crippen LogP contribution in [0.4, 0.5) is 0 Å². The average Bonchev–Trinajstić information content (AvgIpc) is 2.64. The van der Waals surface area contributed by atoms with Crippen molar-refractivity contribution >= 4 is 5.91 Å². The fourth-order valence-corrected chi connectivity index (χ4v) is 3.66. The molecule has 3 heteroatoms. The molecule has 0 aliphatic carbocycles. The summed E-state index contributed by atoms with van der Waals surface area (Å²) in [4.78, 5) is 11.7. The van der Waals surface area contributed by atoms with Gasteiger partial charge in [0.15, 0.2) is 0 Å². The summed E-state index contributed by atoms with van der Waals surface area (Å²) in [6.07, 6.45) is 22.3. The molecule has 1 amide bonds. The van der Waals surface area contributed by atoms with Gasteiger partial charge in [-0.05, 0) is 19.8 Å². The summed E-state index contributed by atoms with van der Waals surface area (Å²) in [5.41, 5.74) is 5.55. The number of rotatable bonds is 21. The predicted octanol–water partition coefficient (Wildman–Crippen LogP) is 7.31. The summed E-state index contributed by atoms with van der Waals surface area (Å²) in [5, 5.41) is 0. The van der Waals surface area contributed by atoms with Crippen molar-refractivity contribution in [3.63, 3.8) is 0 Å². The van der Waals surface area contributed by atoms with Crippen LogP contribution < -0.4 is 5.73 Å². The van der Waals surface area contributed by atoms with Gasteiger partial charge in [-0.2, -0.15) is 0 Å². The van der Waals surface area contributed by atoms with Gasteiger partial charge in [-0.25, -0.2) is 0 Å². The van der Waals surface area contributed by atoms with Gasteiger partial charge in [-0.3, -0.25) is 4.79 Å². The van der Waals surface area contributed by atoms with E-state index in [0.29, 0.717) is 0 Å². The van der Waals surface area contributed by atoms with E-state index in [1.807, 2.05) is 0 Å². The van der Waals surface area contributed by atoms with Gasteiger partial charge in [0.1, 0.15) is 6.10 Å². The van der Waals surface area contributed by atoms with Gasteiger partial charge < -0.3 is 10.5 Å². The molecular weight excluding hydrogens is 334 g/mol. The van der Waals surface area contributed by atoms with Crippen LogP contribution in [-0.4, -0.2) is 18.1 Å². The van der Waals surface area contributed by atoms with Crippen molar-refractivity contribution < 1.29 is 9.53 Å². The Morgan fingerprint density at radius 2 is 1.04 bits per heavy atom. The average molecular weight is 384 g/mol. The number of nitrogens with two attached hydrogens (primary N) is 1. The van der Waals surface area contributed by atoms with Crippen molar-refractivity contribution in [3.8, 4) is 0 Å². The van der Waals surface area contributed by atoms with Gasteiger partial charge in [0.25, 0.3) is 0 Å². The third kappa shape index (κ3) is 18.6. The van der Waals surface area contributed by atoms with Crippen molar-refractivity contribution in [1.82, 2.24) is 0 Å². The molecule has 0 bridgehead atoms. The van der Waals surface area contributed by atoms with Crippen LogP contribution in [0.25, 0.3) is 0 Å². The topological polar surface area (TPSA) is 52.3 Å². The normalized spacial score (nSPS) is 13.6. The first kappa shape index (κ1) is 26.4. The Hall–Kier alpha value is -0.570. The lowest BCUT2D eigenvalue weighted by Gasteiger charge is -2.20. The van der Waals surface area contributed by atoms with Crippen LogP contribution in [0.3, 0.4) is 0 Å². The number of amides is 1. The lowest BCUT2D eigenvalue weighted by Crippen LogP contribution is -2.34. The molecule has 0 radical (unpaired) electrons. The largest absolute Gasteiger partial charge is 0.367 e. The van der Waals surface area contributed by atoms with Crippen molar-refractivity contribution in [2.45, 2.75) is 149 Å². The molecule has 0 aromatic rings. The van der Waals surface area contributed by atoms with E-state index in [-0.39, 0.29) is 12.0 Å². The second-order valence-electron chi connectivity index (χ2n) is 8.36. The molecule has 2 N–H and O–H groups in total. The van der Waals surface area contributed by atoms with E-state index in [1.54, 1.807) is 0 Å². The third-order valence-electron chi connectivity index (χ3n) is 5.50. The number of unbranched alkanes of at least 4 members (excludes halogenated alkanes) is 14. The van der Waals surface area contributed by atoms with Crippen molar-refractivity contribution in [3.05, 3.63) is 0 Å². The molecule has 0 heterocycles. The van der Waals surface area contributed by atoms with E-state index in [0.717, 1.165) is 19.3 Å². The van der Waals surface area contributed by atoms with E-state index in [2.05, 4.69) is 20.8 Å². The minimum absolute atomic E-state index is 0.136. The molecule has 0 aliphatic heterocycles. The Kier molecular flexibility index (Phi) is 19.7. The molecule has 27 heavy (non-hydrogen) atoms. The maximum Gasteiger partial charge on any atom is 0.246 e. The van der Waals surface area contributed by atoms with Crippen molar-refractivity contribution in [2.75, 3.05) is 0 Å². The first-order valence-corrected chi connectivity index (χ1v) is 12.1. The zero-order valence-corrected chi connectivity index (χ0v) is 18.8. The molecule has 0 saturated heterocycles. The van der Waals surface area contributed by atoms with Crippen LogP contribution in [0.1, 0.15) is 136 Å². The smallest absolute Gasteiger partial charge is 0.246 e. The number of hydrogen-bond donors (Lipinski definition) is 1. The van der Waals surface area contributed by atoms with Gasteiger partial charge in [0.2, 0.25) is 5.91 Å². The molecule has 0 saturated carbocycles. The lowest BCUT2D eigenvalue weighted by molar-refractivity contribution is -0.133. The number of primary amides is 1. The van der Waals surface area contributed by atoms with E-state index in [1.165, 1.54) is 96.3 Å². The molecule has 2 unspecified atom stereocenters. The second kappa shape index (κ2) is 20.2. The fraction of sp³-hybridized carbons (Fsp3) is 0.958. The van der Waals surface area contributed by atoms with Crippen LogP contribution in [0.15, 0.2) is 0 Å². The van der Waals surface area contributed by atoms with Crippen LogP contribution in [-0.2, 0) is 9.53 Å². The fourth-order valence-electron chi connectivity index (χ4n) is 3.66. The summed E-state index contributed by atoms with van der Waals surface area (Å²) in [7, 11) is 0. The molecule has 3 nitrogen and oxygen atoms in total. The number of carbonyl (C=O) groups is 1. The highest BCUT2D eigenvalue weighted by Gasteiger charge is 2.18. The molecule has 2 atom stereocenters. The quantitative estimate of drug-likeness (QED) is 0.211. The SMILES string of the molecule is CCCCCCCCCCC(C)OC(CCCCCCCCCC)C(N)=O. The van der Waals surface area contributed by atoms with Gasteiger partial charge >= 0.3 is 0 Å². The summed E-state index contributed by atoms with van der Waals surface area (Å²) >= 11 is 0. The van der Waals surface area contributed by atoms with E-state index < -0.39 is 6.10 Å². The number of hydrogen-bond acceptors (Lipinski definition) is 2. The Morgan fingerprint density at radius 3 is 1.44 bits per heavy atom. The Balaban J connectivity index is 3.66. The molecular formula is C24H49NO2. The Bertz CT molecular complexity index is 320. The summed E-state index contributed by atoms with van der Waals surface area (Å²) in [5.74, 6) is -0.291. The molecule has 0 aromatic heterocycles. The highest BCUT2D eigenvalue weighted by Crippen LogP contribution is 2.16. The van der Waals surface area contributed by atoms with Crippen LogP contribution >= 0.6 is 0 Å². The summed E-state index contributed by atoms with van der Waals surface area (Å²) in [6.45, 7) is 6.60. The van der Waals surface area contributed by atoms with Crippen molar-refractivity contribution in [2.24, 2.45) is 5.73 Å². The van der Waals surface area contributed by atoms with Gasteiger partial charge in [-0.15, -0.1) is 0 Å². The highest BCUT2D eigenvalue weighted by atomic mass is 16.5. The maximum absolute atomic E-state index is 11.7. The predicted molar refractivity (Wildman–Crippen MR) is 118 cm³/mol. The van der Waals surface area contributed by atoms with Gasteiger partial charge in [0, 0.05) is 0 Å². The Labute approximate surface area is 170 Å². The third-order valence-corrected chi connectivity index (χ3v) is 5.50. The first-order chi connectivity index (χ1) is 13.1. The van der Waals surface area contributed by atoms with E-state index in [9.17, 15) is 4.79 Å². The molecule has 0 aliphatic rings. The molecule has 0 fully saturated rings. The van der Waals surface area contributed by atoms with Crippen molar-refractivity contribution in [1.29, 1.82) is 0 Å². The maximum atomic E-state index is 11.7. The summed E-state index contributed by atoms with van der Waals surface area (Å²) < 4.78 is 5.96. The van der Waals surface area contributed by atoms with Gasteiger partial charge in [0.05, 0.1) is 6.10 Å². The number of ether oxygens (including phenoxy) is 1. The number of carbonyl (C=O) groups excluding carboxylic acids is 1. The highest BCUT2D eigenvalue weighted by molar-refractivity contribution is 5.78. The van der Waals surface area contributed by atoms with Crippen LogP contribution in [0, 0.1) is 0 Å². The standard InChI is InChI=1S/C24H49NO2/c1-4-6-8-10-12-14-16-18-20-22(3)27-23(24(25)26)21-19-17-15-13-11-9-7-5-2/h22-23H,4-21H2,1-3H3,(H2,25,26). The first-order valence-electron chi connectivity index (χ1n) is 12.1. The summed E-state index contributed by atoms with van der Waals surface area (Å²) in [6, 6.07) is 0. The minimum atomic E-state index is -0.394. The zero-order chi connectivity index (χ0) is 20.2. The van der Waals surface area contributed by atoms with Gasteiger partial charge in [-0.1, -0.05) is 117 Å².